The zero-order chi connectivity index (χ0) is 26.6. The van der Waals surface area contributed by atoms with E-state index in [0.717, 1.165) is 25.7 Å². The predicted molar refractivity (Wildman–Crippen MR) is 133 cm³/mol. The molecule has 7 nitrogen and oxygen atoms in total. The van der Waals surface area contributed by atoms with Gasteiger partial charge in [-0.1, -0.05) is 38.8 Å². The van der Waals surface area contributed by atoms with Crippen LogP contribution in [-0.2, 0) is 9.59 Å². The van der Waals surface area contributed by atoms with Crippen LogP contribution in [0.4, 0.5) is 0 Å². The first kappa shape index (κ1) is 26.2. The van der Waals surface area contributed by atoms with Gasteiger partial charge in [0, 0.05) is 0 Å². The van der Waals surface area contributed by atoms with Gasteiger partial charge < -0.3 is 25.5 Å². The van der Waals surface area contributed by atoms with E-state index in [4.69, 9.17) is 0 Å². The molecule has 0 bridgehead atoms. The van der Waals surface area contributed by atoms with Gasteiger partial charge in [0.05, 0.1) is 23.7 Å². The average molecular weight is 505 g/mol. The maximum atomic E-state index is 12.7. The van der Waals surface area contributed by atoms with Crippen LogP contribution in [0.15, 0.2) is 11.1 Å². The monoisotopic (exact) mass is 504 g/mol. The van der Waals surface area contributed by atoms with E-state index in [1.54, 1.807) is 6.92 Å². The third kappa shape index (κ3) is 3.08. The highest BCUT2D eigenvalue weighted by Crippen LogP contribution is 2.71. The molecular formula is C29H44O7. The molecule has 5 aliphatic rings. The number of carboxylic acids is 2. The number of aliphatic carboxylic acids is 2. The van der Waals surface area contributed by atoms with Gasteiger partial charge in [0.2, 0.25) is 0 Å². The number of carboxylic acid groups (broad SMARTS) is 2. The van der Waals surface area contributed by atoms with Crippen molar-refractivity contribution < 1.29 is 35.1 Å². The highest BCUT2D eigenvalue weighted by Gasteiger charge is 2.69. The second-order valence-corrected chi connectivity index (χ2v) is 14.4. The normalized spacial score (nSPS) is 51.9. The molecule has 0 aromatic carbocycles. The van der Waals surface area contributed by atoms with Gasteiger partial charge in [-0.25, -0.2) is 0 Å². The SMILES string of the molecule is CC1(C)C[C@@H](O)[C@@]2(C(=O)O)CCC3=C(CC[C@@H]4[C@]5(C)C[C@H](O)[C@H](O)[C@@](C)(C(=O)O)[C@@H]5CC[C@]34C)[C@H]2C1. The Morgan fingerprint density at radius 2 is 1.47 bits per heavy atom. The van der Waals surface area contributed by atoms with Crippen LogP contribution in [0.1, 0.15) is 92.4 Å². The molecule has 10 atom stereocenters. The molecule has 0 heterocycles. The van der Waals surface area contributed by atoms with E-state index in [0.29, 0.717) is 32.1 Å². The summed E-state index contributed by atoms with van der Waals surface area (Å²) in [5.41, 5.74) is -0.790. The first-order chi connectivity index (χ1) is 16.6. The van der Waals surface area contributed by atoms with Crippen molar-refractivity contribution >= 4 is 11.9 Å². The lowest BCUT2D eigenvalue weighted by molar-refractivity contribution is -0.224. The smallest absolute Gasteiger partial charge is 0.312 e. The third-order valence-electron chi connectivity index (χ3n) is 12.2. The van der Waals surface area contributed by atoms with E-state index in [1.807, 2.05) is 0 Å². The first-order valence-corrected chi connectivity index (χ1v) is 13.8. The molecule has 0 radical (unpaired) electrons. The Morgan fingerprint density at radius 1 is 0.806 bits per heavy atom. The van der Waals surface area contributed by atoms with Crippen LogP contribution in [0, 0.1) is 44.8 Å². The molecular weight excluding hydrogens is 460 g/mol. The topological polar surface area (TPSA) is 135 Å². The number of rotatable bonds is 2. The van der Waals surface area contributed by atoms with E-state index in [-0.39, 0.29) is 28.6 Å². The second kappa shape index (κ2) is 7.79. The van der Waals surface area contributed by atoms with E-state index in [2.05, 4.69) is 27.7 Å². The molecule has 5 rings (SSSR count). The zero-order valence-electron chi connectivity index (χ0n) is 22.4. The first-order valence-electron chi connectivity index (χ1n) is 13.8. The van der Waals surface area contributed by atoms with Crippen LogP contribution in [0.25, 0.3) is 0 Å². The highest BCUT2D eigenvalue weighted by atomic mass is 16.4. The summed E-state index contributed by atoms with van der Waals surface area (Å²) < 4.78 is 0. The molecule has 0 aromatic rings. The standard InChI is InChI=1S/C29H44O7/c1-25(2)12-17-15-6-7-19-26(3,16(15)8-11-29(17,24(35)36)21(31)14-25)10-9-20-27(19,4)13-18(30)22(32)28(20,5)23(33)34/h17-22,30-32H,6-14H2,1-5H3,(H,33,34)(H,35,36)/t17-,18+,19+,20-,21-,22+,26-,27+,28+,29-/m1/s1. The van der Waals surface area contributed by atoms with Gasteiger partial charge in [-0.3, -0.25) is 9.59 Å². The molecule has 36 heavy (non-hydrogen) atoms. The minimum atomic E-state index is -1.41. The summed E-state index contributed by atoms with van der Waals surface area (Å²) in [4.78, 5) is 25.2. The van der Waals surface area contributed by atoms with Crippen LogP contribution in [0.5, 0.6) is 0 Å². The van der Waals surface area contributed by atoms with Crippen LogP contribution in [0.2, 0.25) is 0 Å². The average Bonchev–Trinajstić information content (AvgIpc) is 2.76. The van der Waals surface area contributed by atoms with Crippen molar-refractivity contribution in [1.82, 2.24) is 0 Å². The van der Waals surface area contributed by atoms with Gasteiger partial charge in [0.1, 0.15) is 5.41 Å². The molecule has 0 aromatic heterocycles. The van der Waals surface area contributed by atoms with Gasteiger partial charge >= 0.3 is 11.9 Å². The van der Waals surface area contributed by atoms with Crippen molar-refractivity contribution in [3.05, 3.63) is 11.1 Å². The fraction of sp³-hybridized carbons (Fsp3) is 0.862. The lowest BCUT2D eigenvalue weighted by Gasteiger charge is -2.67. The quantitative estimate of drug-likeness (QED) is 0.359. The number of allylic oxidation sites excluding steroid dienone is 2. The maximum Gasteiger partial charge on any atom is 0.312 e. The molecule has 0 spiro atoms. The second-order valence-electron chi connectivity index (χ2n) is 14.4. The maximum absolute atomic E-state index is 12.7. The Hall–Kier alpha value is -1.44. The van der Waals surface area contributed by atoms with E-state index >= 15 is 0 Å². The summed E-state index contributed by atoms with van der Waals surface area (Å²) in [7, 11) is 0. The van der Waals surface area contributed by atoms with Gasteiger partial charge in [0.25, 0.3) is 0 Å². The number of carbonyl (C=O) groups is 2. The van der Waals surface area contributed by atoms with Gasteiger partial charge in [0.15, 0.2) is 0 Å². The summed E-state index contributed by atoms with van der Waals surface area (Å²) >= 11 is 0. The molecule has 0 unspecified atom stereocenters. The Morgan fingerprint density at radius 3 is 2.08 bits per heavy atom. The van der Waals surface area contributed by atoms with E-state index in [9.17, 15) is 35.1 Å². The molecule has 3 fully saturated rings. The Bertz CT molecular complexity index is 1020. The van der Waals surface area contributed by atoms with Crippen LogP contribution < -0.4 is 0 Å². The van der Waals surface area contributed by atoms with Crippen molar-refractivity contribution in [3.63, 3.8) is 0 Å². The fourth-order valence-electron chi connectivity index (χ4n) is 10.6. The summed E-state index contributed by atoms with van der Waals surface area (Å²) in [5, 5.41) is 53.6. The summed E-state index contributed by atoms with van der Waals surface area (Å²) in [6.45, 7) is 10.3. The van der Waals surface area contributed by atoms with Gasteiger partial charge in [-0.2, -0.15) is 0 Å². The largest absolute Gasteiger partial charge is 0.481 e. The van der Waals surface area contributed by atoms with Crippen molar-refractivity contribution in [2.45, 2.75) is 111 Å². The molecule has 0 amide bonds. The van der Waals surface area contributed by atoms with Crippen LogP contribution in [-0.4, -0.2) is 55.8 Å². The molecule has 0 saturated heterocycles. The van der Waals surface area contributed by atoms with Crippen molar-refractivity contribution in [2.24, 2.45) is 44.8 Å². The molecule has 7 heteroatoms. The van der Waals surface area contributed by atoms with Crippen molar-refractivity contribution in [1.29, 1.82) is 0 Å². The van der Waals surface area contributed by atoms with Gasteiger partial charge in [-0.15, -0.1) is 0 Å². The number of aliphatic hydroxyl groups is 3. The molecule has 5 N–H and O–H groups in total. The molecule has 202 valence electrons. The number of fused-ring (bicyclic) bond motifs is 6. The van der Waals surface area contributed by atoms with Crippen LogP contribution in [0.3, 0.4) is 0 Å². The zero-order valence-corrected chi connectivity index (χ0v) is 22.4. The minimum absolute atomic E-state index is 0.141. The Balaban J connectivity index is 1.60. The molecule has 5 aliphatic carbocycles. The predicted octanol–water partition coefficient (Wildman–Crippen LogP) is 3.99. The van der Waals surface area contributed by atoms with E-state index in [1.165, 1.54) is 11.1 Å². The Labute approximate surface area is 214 Å². The van der Waals surface area contributed by atoms with Crippen LogP contribution >= 0.6 is 0 Å². The highest BCUT2D eigenvalue weighted by molar-refractivity contribution is 5.78. The van der Waals surface area contributed by atoms with E-state index < -0.39 is 46.5 Å². The number of hydrogen-bond acceptors (Lipinski definition) is 5. The summed E-state index contributed by atoms with van der Waals surface area (Å²) in [6.07, 6.45) is 2.43. The van der Waals surface area contributed by atoms with Gasteiger partial charge in [-0.05, 0) is 98.7 Å². The molecule has 3 saturated carbocycles. The lowest BCUT2D eigenvalue weighted by atomic mass is 9.37. The van der Waals surface area contributed by atoms with Crippen molar-refractivity contribution in [3.8, 4) is 0 Å². The summed E-state index contributed by atoms with van der Waals surface area (Å²) in [6, 6.07) is 0. The number of hydrogen-bond donors (Lipinski definition) is 5. The number of aliphatic hydroxyl groups excluding tert-OH is 3. The lowest BCUT2D eigenvalue weighted by Crippen LogP contribution is -2.66. The molecule has 0 aliphatic heterocycles. The Kier molecular flexibility index (Phi) is 5.67. The van der Waals surface area contributed by atoms with Crippen molar-refractivity contribution in [2.75, 3.05) is 0 Å². The third-order valence-corrected chi connectivity index (χ3v) is 12.2. The minimum Gasteiger partial charge on any atom is -0.481 e. The fourth-order valence-corrected chi connectivity index (χ4v) is 10.6. The summed E-state index contributed by atoms with van der Waals surface area (Å²) in [5.74, 6) is -2.23.